The Labute approximate surface area is 203 Å². The van der Waals surface area contributed by atoms with E-state index in [9.17, 15) is 37.2 Å². The SMILES string of the molecule is N#C[C@H]1C[C@H]2C[C@]2(OC(=O)C(F)(F)F)N1C(=O)[C@H](N)C1CC2CCC(C1)N2C(=O)c1ccnc(F)c1. The van der Waals surface area contributed by atoms with Gasteiger partial charge in [0.15, 0.2) is 5.72 Å². The Bertz CT molecular complexity index is 1140. The molecule has 4 heterocycles. The molecule has 2 amide bonds. The highest BCUT2D eigenvalue weighted by Crippen LogP contribution is 2.59. The molecule has 4 fully saturated rings. The van der Waals surface area contributed by atoms with Gasteiger partial charge in [0.1, 0.15) is 6.04 Å². The maximum atomic E-state index is 13.5. The number of alkyl halides is 3. The van der Waals surface area contributed by atoms with Gasteiger partial charge in [0, 0.05) is 42.2 Å². The first-order valence-corrected chi connectivity index (χ1v) is 11.7. The molecule has 1 aromatic heterocycles. The first kappa shape index (κ1) is 24.4. The molecule has 36 heavy (non-hydrogen) atoms. The zero-order chi connectivity index (χ0) is 26.0. The van der Waals surface area contributed by atoms with E-state index in [0.717, 1.165) is 11.0 Å². The Morgan fingerprint density at radius 2 is 1.89 bits per heavy atom. The molecule has 3 saturated heterocycles. The predicted octanol–water partition coefficient (Wildman–Crippen LogP) is 1.88. The summed E-state index contributed by atoms with van der Waals surface area (Å²) in [6, 6.07) is 1.71. The van der Waals surface area contributed by atoms with Gasteiger partial charge in [-0.15, -0.1) is 0 Å². The second kappa shape index (κ2) is 8.40. The van der Waals surface area contributed by atoms with Gasteiger partial charge in [-0.2, -0.15) is 22.8 Å². The van der Waals surface area contributed by atoms with Crippen LogP contribution in [-0.2, 0) is 14.3 Å². The van der Waals surface area contributed by atoms with Gasteiger partial charge in [-0.1, -0.05) is 0 Å². The summed E-state index contributed by atoms with van der Waals surface area (Å²) in [6.45, 7) is 0. The van der Waals surface area contributed by atoms with Crippen LogP contribution < -0.4 is 5.73 Å². The fraction of sp³-hybridized carbons (Fsp3) is 0.609. The number of nitrogens with zero attached hydrogens (tertiary/aromatic N) is 4. The summed E-state index contributed by atoms with van der Waals surface area (Å²) in [4.78, 5) is 44.1. The van der Waals surface area contributed by atoms with Crippen LogP contribution in [0.15, 0.2) is 18.3 Å². The van der Waals surface area contributed by atoms with Crippen LogP contribution in [0.4, 0.5) is 17.6 Å². The van der Waals surface area contributed by atoms with Crippen LogP contribution in [0.25, 0.3) is 0 Å². The second-order valence-corrected chi connectivity index (χ2v) is 9.94. The van der Waals surface area contributed by atoms with Crippen molar-refractivity contribution in [2.24, 2.45) is 17.6 Å². The molecule has 192 valence electrons. The third kappa shape index (κ3) is 3.87. The van der Waals surface area contributed by atoms with Crippen LogP contribution in [0.5, 0.6) is 0 Å². The molecule has 3 aliphatic heterocycles. The van der Waals surface area contributed by atoms with Crippen LogP contribution in [-0.4, -0.2) is 68.6 Å². The normalized spacial score (nSPS) is 33.5. The molecule has 1 saturated carbocycles. The third-order valence-electron chi connectivity index (χ3n) is 7.90. The molecule has 2 unspecified atom stereocenters. The number of hydrogen-bond acceptors (Lipinski definition) is 7. The molecule has 2 N–H and O–H groups in total. The highest BCUT2D eigenvalue weighted by Gasteiger charge is 2.72. The van der Waals surface area contributed by atoms with Gasteiger partial charge < -0.3 is 15.4 Å². The van der Waals surface area contributed by atoms with Gasteiger partial charge in [0.2, 0.25) is 11.9 Å². The summed E-state index contributed by atoms with van der Waals surface area (Å²) in [5.74, 6) is -5.22. The van der Waals surface area contributed by atoms with E-state index in [1.807, 2.05) is 6.07 Å². The monoisotopic (exact) mass is 509 g/mol. The Balaban J connectivity index is 1.31. The maximum Gasteiger partial charge on any atom is 0.491 e. The number of piperidine rings is 2. The minimum absolute atomic E-state index is 0.0200. The predicted molar refractivity (Wildman–Crippen MR) is 112 cm³/mol. The maximum absolute atomic E-state index is 13.5. The molecule has 5 rings (SSSR count). The van der Waals surface area contributed by atoms with Gasteiger partial charge in [-0.25, -0.2) is 9.78 Å². The van der Waals surface area contributed by atoms with Crippen LogP contribution in [0.1, 0.15) is 48.9 Å². The van der Waals surface area contributed by atoms with E-state index in [2.05, 4.69) is 4.98 Å². The van der Waals surface area contributed by atoms with E-state index in [-0.39, 0.29) is 36.4 Å². The number of esters is 1. The molecule has 13 heteroatoms. The fourth-order valence-electron chi connectivity index (χ4n) is 6.23. The first-order chi connectivity index (χ1) is 17.0. The number of aromatic nitrogens is 1. The third-order valence-corrected chi connectivity index (χ3v) is 7.90. The minimum Gasteiger partial charge on any atom is -0.432 e. The van der Waals surface area contributed by atoms with Crippen LogP contribution >= 0.6 is 0 Å². The lowest BCUT2D eigenvalue weighted by atomic mass is 9.84. The molecular formula is C23H23F4N5O4. The Morgan fingerprint density at radius 3 is 2.47 bits per heavy atom. The summed E-state index contributed by atoms with van der Waals surface area (Å²) in [7, 11) is 0. The van der Waals surface area contributed by atoms with Crippen LogP contribution in [0.2, 0.25) is 0 Å². The topological polar surface area (TPSA) is 130 Å². The van der Waals surface area contributed by atoms with Gasteiger partial charge in [-0.3, -0.25) is 14.5 Å². The highest BCUT2D eigenvalue weighted by molar-refractivity contribution is 5.95. The zero-order valence-electron chi connectivity index (χ0n) is 18.9. The molecule has 0 aromatic carbocycles. The molecule has 2 bridgehead atoms. The van der Waals surface area contributed by atoms with Gasteiger partial charge >= 0.3 is 12.1 Å². The van der Waals surface area contributed by atoms with Crippen LogP contribution in [0, 0.1) is 29.1 Å². The first-order valence-electron chi connectivity index (χ1n) is 11.7. The summed E-state index contributed by atoms with van der Waals surface area (Å²) in [5.41, 5.74) is 4.69. The Kier molecular flexibility index (Phi) is 5.70. The summed E-state index contributed by atoms with van der Waals surface area (Å²) in [6.07, 6.45) is -1.84. The minimum atomic E-state index is -5.24. The number of nitrogens with two attached hydrogens (primary N) is 1. The number of fused-ring (bicyclic) bond motifs is 3. The van der Waals surface area contributed by atoms with Gasteiger partial charge in [0.05, 0.1) is 12.1 Å². The van der Waals surface area contributed by atoms with Gasteiger partial charge in [0.25, 0.3) is 5.91 Å². The Morgan fingerprint density at radius 1 is 1.22 bits per heavy atom. The molecule has 6 atom stereocenters. The molecule has 4 aliphatic rings. The number of rotatable bonds is 4. The average molecular weight is 509 g/mol. The second-order valence-electron chi connectivity index (χ2n) is 9.94. The lowest BCUT2D eigenvalue weighted by molar-refractivity contribution is -0.217. The van der Waals surface area contributed by atoms with Crippen molar-refractivity contribution >= 4 is 17.8 Å². The standard InChI is InChI=1S/C23H23F4N5O4/c24-17-7-11(3-4-30-17)19(33)31-14-1-2-15(31)6-12(5-14)18(29)20(34)32-16(10-28)8-13-9-22(13,32)36-21(35)23(25,26)27/h3-4,7,12-16,18H,1-2,5-6,8-9,29H2/t12?,13-,14?,15?,16+,18+,22+/m0/s1. The molecule has 0 radical (unpaired) electrons. The number of ether oxygens (including phenoxy) is 1. The van der Waals surface area contributed by atoms with E-state index in [1.165, 1.54) is 12.3 Å². The number of hydrogen-bond donors (Lipinski definition) is 1. The lowest BCUT2D eigenvalue weighted by Gasteiger charge is -2.42. The highest BCUT2D eigenvalue weighted by atomic mass is 19.4. The molecule has 0 spiro atoms. The van der Waals surface area contributed by atoms with Crippen molar-refractivity contribution in [2.75, 3.05) is 0 Å². The van der Waals surface area contributed by atoms with Crippen molar-refractivity contribution in [3.63, 3.8) is 0 Å². The number of likely N-dealkylation sites (tertiary alicyclic amines) is 1. The van der Waals surface area contributed by atoms with E-state index in [0.29, 0.717) is 25.7 Å². The molecular weight excluding hydrogens is 486 g/mol. The number of pyridine rings is 1. The summed E-state index contributed by atoms with van der Waals surface area (Å²) in [5, 5.41) is 9.52. The van der Waals surface area contributed by atoms with Crippen molar-refractivity contribution in [3.8, 4) is 6.07 Å². The number of halogens is 4. The van der Waals surface area contributed by atoms with Crippen molar-refractivity contribution in [2.45, 2.75) is 74.6 Å². The molecule has 1 aromatic rings. The largest absolute Gasteiger partial charge is 0.491 e. The van der Waals surface area contributed by atoms with E-state index < -0.39 is 53.6 Å². The smallest absolute Gasteiger partial charge is 0.432 e. The number of nitriles is 1. The van der Waals surface area contributed by atoms with Crippen molar-refractivity contribution in [1.29, 1.82) is 5.26 Å². The van der Waals surface area contributed by atoms with Gasteiger partial charge in [-0.05, 0) is 44.1 Å². The Hall–Kier alpha value is -3.27. The van der Waals surface area contributed by atoms with E-state index in [1.54, 1.807) is 4.90 Å². The molecule has 9 nitrogen and oxygen atoms in total. The van der Waals surface area contributed by atoms with E-state index in [4.69, 9.17) is 10.5 Å². The summed E-state index contributed by atoms with van der Waals surface area (Å²) < 4.78 is 56.9. The fourth-order valence-corrected chi connectivity index (χ4v) is 6.23. The van der Waals surface area contributed by atoms with Crippen molar-refractivity contribution in [3.05, 3.63) is 29.8 Å². The zero-order valence-corrected chi connectivity index (χ0v) is 18.9. The molecule has 1 aliphatic carbocycles. The van der Waals surface area contributed by atoms with E-state index >= 15 is 0 Å². The number of carbonyl (C=O) groups excluding carboxylic acids is 3. The quantitative estimate of drug-likeness (QED) is 0.373. The van der Waals surface area contributed by atoms with Crippen molar-refractivity contribution in [1.82, 2.24) is 14.8 Å². The summed E-state index contributed by atoms with van der Waals surface area (Å²) >= 11 is 0. The number of amides is 2. The number of carbonyl (C=O) groups is 3. The van der Waals surface area contributed by atoms with Crippen LogP contribution in [0.3, 0.4) is 0 Å². The van der Waals surface area contributed by atoms with Crippen molar-refractivity contribution < 1.29 is 36.7 Å². The average Bonchev–Trinajstić information content (AvgIpc) is 3.32. The lowest BCUT2D eigenvalue weighted by Crippen LogP contribution is -2.58.